The summed E-state index contributed by atoms with van der Waals surface area (Å²) < 4.78 is 5.33. The Morgan fingerprint density at radius 1 is 1.26 bits per heavy atom. The average Bonchev–Trinajstić information content (AvgIpc) is 2.54. The number of carbonyl (C=O) groups is 2. The molecule has 1 atom stereocenters. The Bertz CT molecular complexity index is 771. The van der Waals surface area contributed by atoms with Gasteiger partial charge in [-0.2, -0.15) is 0 Å². The van der Waals surface area contributed by atoms with Crippen molar-refractivity contribution in [3.8, 4) is 5.75 Å². The van der Waals surface area contributed by atoms with E-state index in [9.17, 15) is 9.59 Å². The van der Waals surface area contributed by atoms with E-state index in [2.05, 4.69) is 10.6 Å². The molecule has 3 rings (SSSR count). The van der Waals surface area contributed by atoms with Crippen LogP contribution in [0.15, 0.2) is 42.5 Å². The lowest BCUT2D eigenvalue weighted by Crippen LogP contribution is -2.28. The van der Waals surface area contributed by atoms with Crippen LogP contribution in [0.4, 0.5) is 5.69 Å². The maximum atomic E-state index is 12.3. The summed E-state index contributed by atoms with van der Waals surface area (Å²) >= 11 is 0. The summed E-state index contributed by atoms with van der Waals surface area (Å²) in [4.78, 5) is 23.7. The number of hydrogen-bond acceptors (Lipinski definition) is 3. The van der Waals surface area contributed by atoms with E-state index in [1.54, 1.807) is 12.1 Å². The number of ether oxygens (including phenoxy) is 1. The van der Waals surface area contributed by atoms with Crippen molar-refractivity contribution < 1.29 is 14.3 Å². The number of fused-ring (bicyclic) bond motifs is 1. The Kier molecular flexibility index (Phi) is 4.02. The fourth-order valence-electron chi connectivity index (χ4n) is 2.52. The third-order valence-electron chi connectivity index (χ3n) is 3.76. The lowest BCUT2D eigenvalue weighted by atomic mass is 10.1. The van der Waals surface area contributed by atoms with Gasteiger partial charge in [-0.3, -0.25) is 9.59 Å². The first-order valence-corrected chi connectivity index (χ1v) is 7.47. The van der Waals surface area contributed by atoms with Gasteiger partial charge < -0.3 is 15.4 Å². The van der Waals surface area contributed by atoms with Crippen LogP contribution in [0, 0.1) is 6.92 Å². The number of nitrogens with one attached hydrogen (secondary N) is 2. The molecule has 0 fully saturated rings. The molecule has 1 aliphatic heterocycles. The average molecular weight is 310 g/mol. The second-order valence-corrected chi connectivity index (χ2v) is 5.66. The van der Waals surface area contributed by atoms with E-state index in [1.165, 1.54) is 0 Å². The van der Waals surface area contributed by atoms with Crippen molar-refractivity contribution in [3.05, 3.63) is 59.2 Å². The number of carbonyl (C=O) groups excluding carboxylic acids is 2. The summed E-state index contributed by atoms with van der Waals surface area (Å²) in [6.07, 6.45) is 0. The van der Waals surface area contributed by atoms with Crippen LogP contribution in [0.25, 0.3) is 0 Å². The summed E-state index contributed by atoms with van der Waals surface area (Å²) in [5, 5.41) is 5.74. The van der Waals surface area contributed by atoms with E-state index < -0.39 is 0 Å². The van der Waals surface area contributed by atoms with Crippen LogP contribution in [0.1, 0.15) is 34.5 Å². The molecular weight excluding hydrogens is 292 g/mol. The molecular formula is C18H18N2O3. The van der Waals surface area contributed by atoms with Crippen LogP contribution >= 0.6 is 0 Å². The van der Waals surface area contributed by atoms with Gasteiger partial charge in [0.15, 0.2) is 6.61 Å². The Morgan fingerprint density at radius 2 is 2.09 bits per heavy atom. The standard InChI is InChI=1S/C18H18N2O3/c1-11-4-3-5-14(8-11)18(22)19-12(2)13-6-7-16-15(9-13)20-17(21)10-23-16/h3-9,12H,10H2,1-2H3,(H,19,22)(H,20,21). The topological polar surface area (TPSA) is 67.4 Å². The lowest BCUT2D eigenvalue weighted by Gasteiger charge is -2.21. The molecule has 2 N–H and O–H groups in total. The van der Waals surface area contributed by atoms with Crippen molar-refractivity contribution in [1.29, 1.82) is 0 Å². The summed E-state index contributed by atoms with van der Waals surface area (Å²) in [7, 11) is 0. The highest BCUT2D eigenvalue weighted by molar-refractivity contribution is 5.96. The maximum Gasteiger partial charge on any atom is 0.262 e. The smallest absolute Gasteiger partial charge is 0.262 e. The molecule has 2 amide bonds. The molecule has 2 aromatic rings. The van der Waals surface area contributed by atoms with E-state index in [0.717, 1.165) is 11.1 Å². The van der Waals surface area contributed by atoms with Gasteiger partial charge in [-0.1, -0.05) is 23.8 Å². The highest BCUT2D eigenvalue weighted by Crippen LogP contribution is 2.30. The number of hydrogen-bond donors (Lipinski definition) is 2. The summed E-state index contributed by atoms with van der Waals surface area (Å²) in [6.45, 7) is 3.89. The second-order valence-electron chi connectivity index (χ2n) is 5.66. The van der Waals surface area contributed by atoms with Crippen molar-refractivity contribution in [1.82, 2.24) is 5.32 Å². The Labute approximate surface area is 134 Å². The van der Waals surface area contributed by atoms with Gasteiger partial charge >= 0.3 is 0 Å². The first kappa shape index (κ1) is 15.1. The third kappa shape index (κ3) is 3.34. The molecule has 0 bridgehead atoms. The highest BCUT2D eigenvalue weighted by Gasteiger charge is 2.18. The predicted octanol–water partition coefficient (Wildman–Crippen LogP) is 2.82. The van der Waals surface area contributed by atoms with Crippen LogP contribution in [0.5, 0.6) is 5.75 Å². The van der Waals surface area contributed by atoms with Crippen LogP contribution in [-0.4, -0.2) is 18.4 Å². The SMILES string of the molecule is Cc1cccc(C(=O)NC(C)c2ccc3c(c2)NC(=O)CO3)c1. The molecule has 23 heavy (non-hydrogen) atoms. The summed E-state index contributed by atoms with van der Waals surface area (Å²) in [5.41, 5.74) is 3.20. The van der Waals surface area contributed by atoms with Crippen LogP contribution in [-0.2, 0) is 4.79 Å². The van der Waals surface area contributed by atoms with Gasteiger partial charge in [0.05, 0.1) is 11.7 Å². The lowest BCUT2D eigenvalue weighted by molar-refractivity contribution is -0.118. The molecule has 2 aromatic carbocycles. The fourth-order valence-corrected chi connectivity index (χ4v) is 2.52. The molecule has 0 saturated carbocycles. The van der Waals surface area contributed by atoms with Gasteiger partial charge in [-0.15, -0.1) is 0 Å². The maximum absolute atomic E-state index is 12.3. The first-order valence-electron chi connectivity index (χ1n) is 7.47. The minimum atomic E-state index is -0.188. The molecule has 5 nitrogen and oxygen atoms in total. The van der Waals surface area contributed by atoms with Crippen molar-refractivity contribution >= 4 is 17.5 Å². The molecule has 0 saturated heterocycles. The quantitative estimate of drug-likeness (QED) is 0.916. The normalized spacial score (nSPS) is 14.3. The molecule has 0 aromatic heterocycles. The van der Waals surface area contributed by atoms with Crippen molar-refractivity contribution in [2.24, 2.45) is 0 Å². The van der Waals surface area contributed by atoms with Crippen LogP contribution in [0.2, 0.25) is 0 Å². The highest BCUT2D eigenvalue weighted by atomic mass is 16.5. The fraction of sp³-hybridized carbons (Fsp3) is 0.222. The predicted molar refractivity (Wildman–Crippen MR) is 87.6 cm³/mol. The molecule has 5 heteroatoms. The number of aryl methyl sites for hydroxylation is 1. The van der Waals surface area contributed by atoms with Crippen LogP contribution in [0.3, 0.4) is 0 Å². The number of rotatable bonds is 3. The third-order valence-corrected chi connectivity index (χ3v) is 3.76. The summed E-state index contributed by atoms with van der Waals surface area (Å²) in [6, 6.07) is 12.8. The molecule has 0 radical (unpaired) electrons. The molecule has 1 unspecified atom stereocenters. The van der Waals surface area contributed by atoms with Gasteiger partial charge in [0.1, 0.15) is 5.75 Å². The van der Waals surface area contributed by atoms with Crippen molar-refractivity contribution in [3.63, 3.8) is 0 Å². The zero-order valence-corrected chi connectivity index (χ0v) is 13.1. The van der Waals surface area contributed by atoms with E-state index >= 15 is 0 Å². The van der Waals surface area contributed by atoms with E-state index in [-0.39, 0.29) is 24.5 Å². The zero-order chi connectivity index (χ0) is 16.4. The molecule has 1 heterocycles. The van der Waals surface area contributed by atoms with E-state index in [1.807, 2.05) is 44.2 Å². The first-order chi connectivity index (χ1) is 11.0. The number of benzene rings is 2. The van der Waals surface area contributed by atoms with Gasteiger partial charge in [-0.05, 0) is 43.7 Å². The zero-order valence-electron chi connectivity index (χ0n) is 13.1. The summed E-state index contributed by atoms with van der Waals surface area (Å²) in [5.74, 6) is 0.343. The van der Waals surface area contributed by atoms with Gasteiger partial charge in [0.25, 0.3) is 11.8 Å². The van der Waals surface area contributed by atoms with Gasteiger partial charge in [0, 0.05) is 5.56 Å². The molecule has 0 aliphatic carbocycles. The molecule has 1 aliphatic rings. The second kappa shape index (κ2) is 6.12. The Hall–Kier alpha value is -2.82. The monoisotopic (exact) mass is 310 g/mol. The van der Waals surface area contributed by atoms with Gasteiger partial charge in [-0.25, -0.2) is 0 Å². The number of amides is 2. The van der Waals surface area contributed by atoms with E-state index in [0.29, 0.717) is 17.0 Å². The number of anilines is 1. The Morgan fingerprint density at radius 3 is 2.87 bits per heavy atom. The van der Waals surface area contributed by atoms with Gasteiger partial charge in [0.2, 0.25) is 0 Å². The molecule has 0 spiro atoms. The largest absolute Gasteiger partial charge is 0.482 e. The van der Waals surface area contributed by atoms with E-state index in [4.69, 9.17) is 4.74 Å². The molecule has 118 valence electrons. The Balaban J connectivity index is 1.75. The van der Waals surface area contributed by atoms with Crippen molar-refractivity contribution in [2.75, 3.05) is 11.9 Å². The van der Waals surface area contributed by atoms with Crippen molar-refractivity contribution in [2.45, 2.75) is 19.9 Å². The minimum Gasteiger partial charge on any atom is -0.482 e. The van der Waals surface area contributed by atoms with Crippen LogP contribution < -0.4 is 15.4 Å². The minimum absolute atomic E-state index is 0.0337.